The van der Waals surface area contributed by atoms with Gasteiger partial charge in [-0.05, 0) is 68.1 Å². The molecule has 0 aromatic heterocycles. The summed E-state index contributed by atoms with van der Waals surface area (Å²) in [5.74, 6) is 2.00. The zero-order valence-corrected chi connectivity index (χ0v) is 15.2. The molecule has 3 nitrogen and oxygen atoms in total. The lowest BCUT2D eigenvalue weighted by Gasteiger charge is -2.54. The van der Waals surface area contributed by atoms with Crippen molar-refractivity contribution in [1.82, 2.24) is 0 Å². The first-order valence-electron chi connectivity index (χ1n) is 9.49. The minimum Gasteiger partial charge on any atom is -0.394 e. The minimum atomic E-state index is -0.291. The van der Waals surface area contributed by atoms with E-state index in [1.807, 2.05) is 0 Å². The Labute approximate surface area is 141 Å². The van der Waals surface area contributed by atoms with Crippen molar-refractivity contribution in [3.8, 4) is 0 Å². The molecule has 23 heavy (non-hydrogen) atoms. The smallest absolute Gasteiger partial charge is 0.0757 e. The number of hydrogen-bond donors (Lipinski definition) is 2. The lowest BCUT2D eigenvalue weighted by Crippen LogP contribution is -2.54. The minimum absolute atomic E-state index is 0.0837. The van der Waals surface area contributed by atoms with E-state index in [1.165, 1.54) is 24.8 Å². The summed E-state index contributed by atoms with van der Waals surface area (Å²) < 4.78 is 6.23. The van der Waals surface area contributed by atoms with Crippen LogP contribution in [0.1, 0.15) is 59.8 Å². The normalized spacial score (nSPS) is 49.5. The first-order valence-corrected chi connectivity index (χ1v) is 9.49. The van der Waals surface area contributed by atoms with Gasteiger partial charge in [0.15, 0.2) is 0 Å². The van der Waals surface area contributed by atoms with Gasteiger partial charge in [0, 0.05) is 0 Å². The number of hydrogen-bond acceptors (Lipinski definition) is 3. The summed E-state index contributed by atoms with van der Waals surface area (Å²) >= 11 is 0. The molecule has 3 aliphatic carbocycles. The third-order valence-electron chi connectivity index (χ3n) is 7.82. The number of allylic oxidation sites excluding steroid dienone is 1. The summed E-state index contributed by atoms with van der Waals surface area (Å²) in [7, 11) is 0. The molecule has 3 aliphatic rings. The lowest BCUT2D eigenvalue weighted by molar-refractivity contribution is -0.163. The van der Waals surface area contributed by atoms with Gasteiger partial charge >= 0.3 is 0 Å². The van der Waals surface area contributed by atoms with E-state index in [1.54, 1.807) is 0 Å². The number of fused-ring (bicyclic) bond motifs is 3. The van der Waals surface area contributed by atoms with Gasteiger partial charge in [-0.2, -0.15) is 0 Å². The fourth-order valence-electron chi connectivity index (χ4n) is 6.16. The maximum Gasteiger partial charge on any atom is 0.0757 e. The van der Waals surface area contributed by atoms with Crippen molar-refractivity contribution < 1.29 is 14.9 Å². The Kier molecular flexibility index (Phi) is 4.67. The van der Waals surface area contributed by atoms with Crippen molar-refractivity contribution in [1.29, 1.82) is 0 Å². The zero-order chi connectivity index (χ0) is 16.8. The fourth-order valence-corrected chi connectivity index (χ4v) is 6.16. The van der Waals surface area contributed by atoms with Crippen LogP contribution in [0, 0.1) is 29.1 Å². The maximum atomic E-state index is 10.8. The van der Waals surface area contributed by atoms with Crippen molar-refractivity contribution >= 4 is 0 Å². The van der Waals surface area contributed by atoms with Crippen LogP contribution >= 0.6 is 0 Å². The largest absolute Gasteiger partial charge is 0.394 e. The molecule has 0 bridgehead atoms. The maximum absolute atomic E-state index is 10.8. The molecule has 3 heteroatoms. The molecule has 0 aromatic rings. The van der Waals surface area contributed by atoms with Crippen molar-refractivity contribution in [3.05, 3.63) is 11.6 Å². The summed E-state index contributed by atoms with van der Waals surface area (Å²) in [6.45, 7) is 9.61. The molecular weight excluding hydrogens is 288 g/mol. The van der Waals surface area contributed by atoms with Crippen LogP contribution in [-0.4, -0.2) is 35.1 Å². The lowest BCUT2D eigenvalue weighted by atomic mass is 9.53. The second-order valence-electron chi connectivity index (χ2n) is 8.59. The molecule has 3 rings (SSSR count). The van der Waals surface area contributed by atoms with Gasteiger partial charge in [0.25, 0.3) is 0 Å². The van der Waals surface area contributed by atoms with Crippen molar-refractivity contribution in [2.24, 2.45) is 29.1 Å². The molecule has 132 valence electrons. The molecule has 2 saturated carbocycles. The summed E-state index contributed by atoms with van der Waals surface area (Å²) in [4.78, 5) is 0. The van der Waals surface area contributed by atoms with Crippen LogP contribution in [0.25, 0.3) is 0 Å². The van der Waals surface area contributed by atoms with Gasteiger partial charge in [0.1, 0.15) is 0 Å². The Morgan fingerprint density at radius 1 is 1.35 bits per heavy atom. The Morgan fingerprint density at radius 3 is 2.74 bits per heavy atom. The van der Waals surface area contributed by atoms with E-state index in [2.05, 4.69) is 33.8 Å². The van der Waals surface area contributed by atoms with E-state index >= 15 is 0 Å². The molecule has 2 fully saturated rings. The zero-order valence-electron chi connectivity index (χ0n) is 15.2. The van der Waals surface area contributed by atoms with Gasteiger partial charge < -0.3 is 14.9 Å². The van der Waals surface area contributed by atoms with E-state index in [0.29, 0.717) is 30.3 Å². The Bertz CT molecular complexity index is 474. The van der Waals surface area contributed by atoms with Gasteiger partial charge in [-0.15, -0.1) is 0 Å². The standard InChI is InChI=1S/C20H34O3/c1-5-14-11-15-6-7-19(3)16(18(15)17(22)12-14)10-13(2)20(19,4)23-9-8-21/h12-13,15-18,21-22H,5-11H2,1-4H3/t13?,15?,16?,17-,18?,19-,20?/m0/s1. The van der Waals surface area contributed by atoms with Crippen molar-refractivity contribution in [3.63, 3.8) is 0 Å². The molecule has 2 N–H and O–H groups in total. The van der Waals surface area contributed by atoms with Crippen molar-refractivity contribution in [2.45, 2.75) is 71.5 Å². The van der Waals surface area contributed by atoms with Gasteiger partial charge in [0.05, 0.1) is 24.9 Å². The quantitative estimate of drug-likeness (QED) is 0.778. The SMILES string of the molecule is CCC1=C[C@H](O)C2C(CC[C@@]3(C)C2CC(C)C3(C)OCCO)C1. The topological polar surface area (TPSA) is 49.7 Å². The summed E-state index contributed by atoms with van der Waals surface area (Å²) in [6.07, 6.45) is 7.59. The van der Waals surface area contributed by atoms with Gasteiger partial charge in [-0.25, -0.2) is 0 Å². The molecule has 5 unspecified atom stereocenters. The third-order valence-corrected chi connectivity index (χ3v) is 7.82. The molecule has 0 spiro atoms. The predicted octanol–water partition coefficient (Wildman–Crippen LogP) is 3.54. The average molecular weight is 322 g/mol. The summed E-state index contributed by atoms with van der Waals surface area (Å²) in [5.41, 5.74) is 1.34. The molecule has 0 saturated heterocycles. The first kappa shape index (κ1) is 17.4. The van der Waals surface area contributed by atoms with E-state index in [4.69, 9.17) is 4.74 Å². The van der Waals surface area contributed by atoms with Gasteiger partial charge in [0.2, 0.25) is 0 Å². The highest BCUT2D eigenvalue weighted by atomic mass is 16.5. The first-order chi connectivity index (χ1) is 10.9. The second-order valence-corrected chi connectivity index (χ2v) is 8.59. The molecule has 0 heterocycles. The number of aliphatic hydroxyl groups excluding tert-OH is 2. The van der Waals surface area contributed by atoms with Gasteiger partial charge in [-0.1, -0.05) is 32.4 Å². The van der Waals surface area contributed by atoms with Crippen LogP contribution in [0.5, 0.6) is 0 Å². The van der Waals surface area contributed by atoms with Crippen LogP contribution < -0.4 is 0 Å². The van der Waals surface area contributed by atoms with Crippen LogP contribution in [-0.2, 0) is 4.74 Å². The molecule has 0 aliphatic heterocycles. The molecule has 7 atom stereocenters. The molecular formula is C20H34O3. The van der Waals surface area contributed by atoms with Crippen LogP contribution in [0.4, 0.5) is 0 Å². The van der Waals surface area contributed by atoms with Gasteiger partial charge in [-0.3, -0.25) is 0 Å². The van der Waals surface area contributed by atoms with E-state index in [0.717, 1.165) is 12.8 Å². The van der Waals surface area contributed by atoms with Crippen LogP contribution in [0.15, 0.2) is 11.6 Å². The highest BCUT2D eigenvalue weighted by Crippen LogP contribution is 2.65. The third kappa shape index (κ3) is 2.51. The Balaban J connectivity index is 1.91. The number of aliphatic hydroxyl groups is 2. The van der Waals surface area contributed by atoms with E-state index < -0.39 is 0 Å². The van der Waals surface area contributed by atoms with E-state index in [-0.39, 0.29) is 23.7 Å². The summed E-state index contributed by atoms with van der Waals surface area (Å²) in [5, 5.41) is 20.1. The highest BCUT2D eigenvalue weighted by Gasteiger charge is 2.64. The molecule has 0 aromatic carbocycles. The predicted molar refractivity (Wildman–Crippen MR) is 92.0 cm³/mol. The van der Waals surface area contributed by atoms with E-state index in [9.17, 15) is 10.2 Å². The van der Waals surface area contributed by atoms with Crippen molar-refractivity contribution in [2.75, 3.05) is 13.2 Å². The highest BCUT2D eigenvalue weighted by molar-refractivity contribution is 5.20. The average Bonchev–Trinajstić information content (AvgIpc) is 2.73. The summed E-state index contributed by atoms with van der Waals surface area (Å²) in [6, 6.07) is 0. The van der Waals surface area contributed by atoms with Crippen LogP contribution in [0.2, 0.25) is 0 Å². The second kappa shape index (κ2) is 6.16. The number of rotatable bonds is 4. The number of ether oxygens (including phenoxy) is 1. The fraction of sp³-hybridized carbons (Fsp3) is 0.900. The molecule has 0 radical (unpaired) electrons. The monoisotopic (exact) mass is 322 g/mol. The Morgan fingerprint density at radius 2 is 2.09 bits per heavy atom. The molecule has 0 amide bonds. The Hall–Kier alpha value is -0.380. The van der Waals surface area contributed by atoms with Crippen LogP contribution in [0.3, 0.4) is 0 Å².